The summed E-state index contributed by atoms with van der Waals surface area (Å²) in [7, 11) is 0.641. The first-order chi connectivity index (χ1) is 9.15. The van der Waals surface area contributed by atoms with Gasteiger partial charge in [-0.25, -0.2) is 4.79 Å². The van der Waals surface area contributed by atoms with E-state index in [1.54, 1.807) is 25.3 Å². The van der Waals surface area contributed by atoms with Crippen molar-refractivity contribution in [2.75, 3.05) is 31.8 Å². The van der Waals surface area contributed by atoms with Crippen LogP contribution in [0.15, 0.2) is 24.3 Å². The minimum absolute atomic E-state index is 0.118. The van der Waals surface area contributed by atoms with E-state index in [1.165, 1.54) is 6.07 Å². The molecule has 5 nitrogen and oxygen atoms in total. The van der Waals surface area contributed by atoms with E-state index in [1.807, 2.05) is 0 Å². The van der Waals surface area contributed by atoms with Crippen molar-refractivity contribution < 1.29 is 23.6 Å². The largest absolute Gasteiger partial charge is 0.492 e. The summed E-state index contributed by atoms with van der Waals surface area (Å²) in [6.45, 7) is 0.832. The van der Waals surface area contributed by atoms with E-state index in [2.05, 4.69) is 0 Å². The summed E-state index contributed by atoms with van der Waals surface area (Å²) in [5.74, 6) is 0.232. The Bertz CT molecular complexity index is 433. The molecule has 0 aliphatic heterocycles. The summed E-state index contributed by atoms with van der Waals surface area (Å²) in [5, 5.41) is 8.96. The van der Waals surface area contributed by atoms with Crippen LogP contribution in [0.4, 0.5) is 0 Å². The highest BCUT2D eigenvalue weighted by molar-refractivity contribution is 7.84. The third kappa shape index (κ3) is 5.85. The smallest absolute Gasteiger partial charge is 0.339 e. The molecule has 0 amide bonds. The average molecular weight is 286 g/mol. The molecule has 0 fully saturated rings. The number of carbonyl (C=O) groups is 1. The maximum Gasteiger partial charge on any atom is 0.339 e. The molecule has 0 aliphatic carbocycles. The van der Waals surface area contributed by atoms with Crippen LogP contribution >= 0.6 is 0 Å². The molecule has 0 saturated heterocycles. The summed E-state index contributed by atoms with van der Waals surface area (Å²) in [6.07, 6.45) is 0.745. The maximum atomic E-state index is 11.6. The van der Waals surface area contributed by atoms with Crippen molar-refractivity contribution in [1.82, 2.24) is 0 Å². The maximum absolute atomic E-state index is 11.6. The number of rotatable bonds is 9. The molecular weight excluding hydrogens is 268 g/mol. The fourth-order valence-corrected chi connectivity index (χ4v) is 2.39. The minimum atomic E-state index is -1.03. The zero-order valence-corrected chi connectivity index (χ0v) is 11.6. The first-order valence-electron chi connectivity index (χ1n) is 5.94. The van der Waals surface area contributed by atoms with Crippen LogP contribution < -0.4 is 4.74 Å². The molecule has 1 aromatic rings. The molecule has 0 aromatic heterocycles. The second-order valence-corrected chi connectivity index (χ2v) is 5.54. The molecule has 6 heteroatoms. The number of hydrogen-bond acceptors (Lipinski definition) is 4. The third-order valence-corrected chi connectivity index (χ3v) is 3.77. The zero-order chi connectivity index (χ0) is 14.1. The van der Waals surface area contributed by atoms with E-state index in [-0.39, 0.29) is 12.2 Å². The fraction of sp³-hybridized carbons (Fsp3) is 0.462. The Morgan fingerprint density at radius 3 is 2.68 bits per heavy atom. The van der Waals surface area contributed by atoms with E-state index in [0.717, 1.165) is 6.42 Å². The molecular formula is C13H18O5S. The number of methoxy groups -OCH3 is 1. The van der Waals surface area contributed by atoms with Crippen LogP contribution in [-0.4, -0.2) is 47.1 Å². The highest BCUT2D eigenvalue weighted by Gasteiger charge is 2.10. The Hall–Kier alpha value is -1.40. The SMILES string of the molecule is COCCCS(=O)CCOc1ccccc1C(=O)O. The topological polar surface area (TPSA) is 72.8 Å². The summed E-state index contributed by atoms with van der Waals surface area (Å²) in [4.78, 5) is 10.9. The summed E-state index contributed by atoms with van der Waals surface area (Å²) < 4.78 is 21.8. The first kappa shape index (κ1) is 15.7. The Labute approximate surface area is 115 Å². The molecule has 1 atom stereocenters. The minimum Gasteiger partial charge on any atom is -0.492 e. The number of ether oxygens (including phenoxy) is 2. The van der Waals surface area contributed by atoms with Gasteiger partial charge in [-0.15, -0.1) is 0 Å². The van der Waals surface area contributed by atoms with Crippen LogP contribution in [0.25, 0.3) is 0 Å². The van der Waals surface area contributed by atoms with Crippen molar-refractivity contribution in [2.45, 2.75) is 6.42 Å². The highest BCUT2D eigenvalue weighted by atomic mass is 32.2. The highest BCUT2D eigenvalue weighted by Crippen LogP contribution is 2.17. The van der Waals surface area contributed by atoms with Gasteiger partial charge in [-0.3, -0.25) is 4.21 Å². The second kappa shape index (κ2) is 8.66. The van der Waals surface area contributed by atoms with Gasteiger partial charge in [0.05, 0.1) is 12.4 Å². The van der Waals surface area contributed by atoms with Crippen LogP contribution in [0.3, 0.4) is 0 Å². The Kier molecular flexibility index (Phi) is 7.14. The zero-order valence-electron chi connectivity index (χ0n) is 10.8. The molecule has 1 N–H and O–H groups in total. The number of hydrogen-bond donors (Lipinski definition) is 1. The van der Waals surface area contributed by atoms with Gasteiger partial charge in [0.25, 0.3) is 0 Å². The van der Waals surface area contributed by atoms with Crippen molar-refractivity contribution in [2.24, 2.45) is 0 Å². The summed E-state index contributed by atoms with van der Waals surface area (Å²) >= 11 is 0. The van der Waals surface area contributed by atoms with E-state index in [4.69, 9.17) is 14.6 Å². The van der Waals surface area contributed by atoms with Gasteiger partial charge in [0, 0.05) is 30.3 Å². The number of carboxylic acids is 1. The lowest BCUT2D eigenvalue weighted by atomic mass is 10.2. The number of benzene rings is 1. The van der Waals surface area contributed by atoms with Crippen LogP contribution in [0.1, 0.15) is 16.8 Å². The average Bonchev–Trinajstić information content (AvgIpc) is 2.39. The molecule has 1 unspecified atom stereocenters. The number of aromatic carboxylic acids is 1. The van der Waals surface area contributed by atoms with Crippen molar-refractivity contribution in [3.8, 4) is 5.75 Å². The molecule has 0 bridgehead atoms. The lowest BCUT2D eigenvalue weighted by molar-refractivity contribution is 0.0692. The molecule has 106 valence electrons. The van der Waals surface area contributed by atoms with Crippen molar-refractivity contribution in [1.29, 1.82) is 0 Å². The fourth-order valence-electron chi connectivity index (χ4n) is 1.48. The van der Waals surface area contributed by atoms with Gasteiger partial charge in [0.15, 0.2) is 0 Å². The van der Waals surface area contributed by atoms with Crippen molar-refractivity contribution in [3.05, 3.63) is 29.8 Å². The normalized spacial score (nSPS) is 12.1. The summed E-state index contributed by atoms with van der Waals surface area (Å²) in [6, 6.07) is 6.42. The quantitative estimate of drug-likeness (QED) is 0.697. The summed E-state index contributed by atoms with van der Waals surface area (Å²) in [5.41, 5.74) is 0.118. The van der Waals surface area contributed by atoms with Crippen molar-refractivity contribution in [3.63, 3.8) is 0 Å². The molecule has 19 heavy (non-hydrogen) atoms. The Balaban J connectivity index is 2.37. The monoisotopic (exact) mass is 286 g/mol. The number of para-hydroxylation sites is 1. The van der Waals surface area contributed by atoms with Gasteiger partial charge in [-0.1, -0.05) is 12.1 Å². The molecule has 0 radical (unpaired) electrons. The van der Waals surface area contributed by atoms with Crippen LogP contribution in [-0.2, 0) is 15.5 Å². The predicted octanol–water partition coefficient (Wildman–Crippen LogP) is 1.55. The molecule has 0 heterocycles. The second-order valence-electron chi connectivity index (χ2n) is 3.84. The van der Waals surface area contributed by atoms with Gasteiger partial charge in [0.1, 0.15) is 11.3 Å². The lowest BCUT2D eigenvalue weighted by Crippen LogP contribution is -2.13. The van der Waals surface area contributed by atoms with E-state index < -0.39 is 16.8 Å². The van der Waals surface area contributed by atoms with E-state index in [9.17, 15) is 9.00 Å². The molecule has 0 aliphatic rings. The van der Waals surface area contributed by atoms with Crippen LogP contribution in [0.2, 0.25) is 0 Å². The molecule has 0 saturated carbocycles. The van der Waals surface area contributed by atoms with E-state index in [0.29, 0.717) is 23.9 Å². The molecule has 0 spiro atoms. The van der Waals surface area contributed by atoms with Gasteiger partial charge in [-0.2, -0.15) is 0 Å². The first-order valence-corrected chi connectivity index (χ1v) is 7.43. The predicted molar refractivity (Wildman–Crippen MR) is 73.3 cm³/mol. The Morgan fingerprint density at radius 2 is 2.00 bits per heavy atom. The van der Waals surface area contributed by atoms with E-state index >= 15 is 0 Å². The van der Waals surface area contributed by atoms with Gasteiger partial charge >= 0.3 is 5.97 Å². The Morgan fingerprint density at radius 1 is 1.26 bits per heavy atom. The standard InChI is InChI=1S/C13H18O5S/c1-17-7-4-9-19(16)10-8-18-12-6-3-2-5-11(12)13(14)15/h2-3,5-6H,4,7-10H2,1H3,(H,14,15). The lowest BCUT2D eigenvalue weighted by Gasteiger charge is -2.08. The van der Waals surface area contributed by atoms with Gasteiger partial charge in [-0.05, 0) is 18.6 Å². The molecule has 1 aromatic carbocycles. The molecule has 1 rings (SSSR count). The van der Waals surface area contributed by atoms with Crippen LogP contribution in [0.5, 0.6) is 5.75 Å². The van der Waals surface area contributed by atoms with Crippen molar-refractivity contribution >= 4 is 16.8 Å². The van der Waals surface area contributed by atoms with Gasteiger partial charge < -0.3 is 14.6 Å². The van der Waals surface area contributed by atoms with Gasteiger partial charge in [0.2, 0.25) is 0 Å². The number of carboxylic acid groups (broad SMARTS) is 1. The third-order valence-electron chi connectivity index (χ3n) is 2.41. The van der Waals surface area contributed by atoms with Crippen LogP contribution in [0, 0.1) is 0 Å².